The van der Waals surface area contributed by atoms with Gasteiger partial charge in [-0.25, -0.2) is 4.52 Å². The molecule has 3 heterocycles. The second kappa shape index (κ2) is 5.85. The maximum absolute atomic E-state index is 12.9. The number of hydrogen-bond acceptors (Lipinski definition) is 3. The summed E-state index contributed by atoms with van der Waals surface area (Å²) in [6.07, 6.45) is 9.93. The van der Waals surface area contributed by atoms with Crippen LogP contribution in [-0.4, -0.2) is 26.6 Å². The Hall–Kier alpha value is -2.08. The molecule has 1 aliphatic rings. The predicted molar refractivity (Wildman–Crippen MR) is 90.7 cm³/mol. The lowest BCUT2D eigenvalue weighted by molar-refractivity contribution is -0.126. The van der Waals surface area contributed by atoms with Gasteiger partial charge in [-0.1, -0.05) is 18.9 Å². The number of thiophene rings is 1. The second-order valence-electron chi connectivity index (χ2n) is 6.15. The number of nitrogens with zero attached hydrogens (tertiary/aromatic N) is 3. The summed E-state index contributed by atoms with van der Waals surface area (Å²) in [4.78, 5) is 14.1. The zero-order valence-corrected chi connectivity index (χ0v) is 13.8. The van der Waals surface area contributed by atoms with Crippen LogP contribution in [0.25, 0.3) is 5.65 Å². The number of hydrogen-bond donors (Lipinski definition) is 1. The quantitative estimate of drug-likeness (QED) is 0.783. The molecule has 5 nitrogen and oxygen atoms in total. The maximum atomic E-state index is 12.9. The van der Waals surface area contributed by atoms with Gasteiger partial charge in [0.05, 0.1) is 11.6 Å². The number of aromatic nitrogens is 3. The molecule has 3 aromatic heterocycles. The highest BCUT2D eigenvalue weighted by Gasteiger charge is 2.43. The van der Waals surface area contributed by atoms with Crippen molar-refractivity contribution in [2.45, 2.75) is 37.6 Å². The number of amides is 1. The first kappa shape index (κ1) is 14.5. The van der Waals surface area contributed by atoms with Crippen molar-refractivity contribution in [3.05, 3.63) is 47.0 Å². The molecule has 0 saturated heterocycles. The average molecular weight is 328 g/mol. The van der Waals surface area contributed by atoms with Gasteiger partial charge in [0.15, 0.2) is 0 Å². The van der Waals surface area contributed by atoms with Crippen LogP contribution in [0.2, 0.25) is 0 Å². The molecule has 0 aromatic carbocycles. The third kappa shape index (κ3) is 2.47. The van der Waals surface area contributed by atoms with Gasteiger partial charge in [0, 0.05) is 36.4 Å². The molecular formula is C17H20N4OS. The van der Waals surface area contributed by atoms with Gasteiger partial charge >= 0.3 is 0 Å². The minimum absolute atomic E-state index is 0.189. The third-order valence-electron chi connectivity index (χ3n) is 4.85. The number of nitrogens with one attached hydrogen (secondary N) is 1. The molecular weight excluding hydrogens is 308 g/mol. The summed E-state index contributed by atoms with van der Waals surface area (Å²) < 4.78 is 3.95. The van der Waals surface area contributed by atoms with E-state index in [0.29, 0.717) is 6.54 Å². The first-order chi connectivity index (χ1) is 11.3. The van der Waals surface area contributed by atoms with Gasteiger partial charge in [-0.05, 0) is 24.3 Å². The van der Waals surface area contributed by atoms with Crippen LogP contribution >= 0.6 is 11.3 Å². The minimum Gasteiger partial charge on any atom is -0.354 e. The number of imidazole rings is 1. The van der Waals surface area contributed by atoms with E-state index in [9.17, 15) is 4.79 Å². The Morgan fingerprint density at radius 1 is 1.30 bits per heavy atom. The van der Waals surface area contributed by atoms with Gasteiger partial charge in [0.25, 0.3) is 0 Å². The van der Waals surface area contributed by atoms with E-state index in [0.717, 1.165) is 37.9 Å². The number of carbonyl (C=O) groups excluding carboxylic acids is 1. The van der Waals surface area contributed by atoms with Gasteiger partial charge < -0.3 is 9.88 Å². The van der Waals surface area contributed by atoms with Crippen molar-refractivity contribution in [3.8, 4) is 0 Å². The monoisotopic (exact) mass is 328 g/mol. The topological polar surface area (TPSA) is 51.3 Å². The normalized spacial score (nSPS) is 16.9. The van der Waals surface area contributed by atoms with Crippen LogP contribution < -0.4 is 5.32 Å². The largest absolute Gasteiger partial charge is 0.354 e. The highest BCUT2D eigenvalue weighted by Crippen LogP contribution is 2.43. The maximum Gasteiger partial charge on any atom is 0.231 e. The van der Waals surface area contributed by atoms with E-state index in [4.69, 9.17) is 0 Å². The summed E-state index contributed by atoms with van der Waals surface area (Å²) in [6.45, 7) is 1.40. The SMILES string of the molecule is O=C(NCCn1ccn2nccc12)C1(c2cccs2)CCCC1. The highest BCUT2D eigenvalue weighted by molar-refractivity contribution is 7.10. The fourth-order valence-corrected chi connectivity index (χ4v) is 4.62. The Kier molecular flexibility index (Phi) is 3.69. The number of fused-ring (bicyclic) bond motifs is 1. The van der Waals surface area contributed by atoms with Crippen LogP contribution in [0.4, 0.5) is 0 Å². The van der Waals surface area contributed by atoms with E-state index >= 15 is 0 Å². The van der Waals surface area contributed by atoms with Crippen LogP contribution in [0.3, 0.4) is 0 Å². The van der Waals surface area contributed by atoms with E-state index in [1.165, 1.54) is 4.88 Å². The van der Waals surface area contributed by atoms with Crippen LogP contribution in [0.1, 0.15) is 30.6 Å². The first-order valence-corrected chi connectivity index (χ1v) is 8.98. The summed E-state index contributed by atoms with van der Waals surface area (Å²) in [5, 5.41) is 9.43. The van der Waals surface area contributed by atoms with Crippen molar-refractivity contribution >= 4 is 22.9 Å². The van der Waals surface area contributed by atoms with E-state index in [1.54, 1.807) is 17.5 Å². The van der Waals surface area contributed by atoms with Crippen molar-refractivity contribution in [1.82, 2.24) is 19.5 Å². The lowest BCUT2D eigenvalue weighted by Gasteiger charge is -2.26. The Morgan fingerprint density at radius 2 is 2.17 bits per heavy atom. The zero-order valence-electron chi connectivity index (χ0n) is 12.9. The summed E-state index contributed by atoms with van der Waals surface area (Å²) in [5.74, 6) is 0.189. The van der Waals surface area contributed by atoms with Crippen LogP contribution in [0, 0.1) is 0 Å². The molecule has 23 heavy (non-hydrogen) atoms. The van der Waals surface area contributed by atoms with E-state index in [2.05, 4.69) is 26.4 Å². The van der Waals surface area contributed by atoms with Crippen LogP contribution in [0.15, 0.2) is 42.2 Å². The average Bonchev–Trinajstić information content (AvgIpc) is 3.32. The van der Waals surface area contributed by atoms with E-state index < -0.39 is 0 Å². The number of carbonyl (C=O) groups is 1. The van der Waals surface area contributed by atoms with Crippen molar-refractivity contribution in [2.24, 2.45) is 0 Å². The highest BCUT2D eigenvalue weighted by atomic mass is 32.1. The summed E-state index contributed by atoms with van der Waals surface area (Å²) in [6, 6.07) is 6.13. The molecule has 0 aliphatic heterocycles. The molecule has 1 fully saturated rings. The Balaban J connectivity index is 1.44. The molecule has 4 rings (SSSR count). The van der Waals surface area contributed by atoms with Gasteiger partial charge in [-0.2, -0.15) is 5.10 Å². The van der Waals surface area contributed by atoms with Crippen LogP contribution in [-0.2, 0) is 16.8 Å². The lowest BCUT2D eigenvalue weighted by atomic mass is 9.83. The molecule has 6 heteroatoms. The standard InChI is InChI=1S/C17H20N4OS/c22-16(17(6-1-2-7-17)14-4-3-13-23-14)18-9-10-20-11-12-21-15(20)5-8-19-21/h3-5,8,11-13H,1-2,6-7,9-10H2,(H,18,22). The molecule has 0 bridgehead atoms. The van der Waals surface area contributed by atoms with Crippen molar-refractivity contribution in [3.63, 3.8) is 0 Å². The molecule has 0 unspecified atom stereocenters. The van der Waals surface area contributed by atoms with Crippen molar-refractivity contribution in [1.29, 1.82) is 0 Å². The van der Waals surface area contributed by atoms with Crippen LogP contribution in [0.5, 0.6) is 0 Å². The minimum atomic E-state index is -0.295. The Bertz CT molecular complexity index is 796. The third-order valence-corrected chi connectivity index (χ3v) is 5.93. The molecule has 0 radical (unpaired) electrons. The smallest absolute Gasteiger partial charge is 0.231 e. The van der Waals surface area contributed by atoms with Gasteiger partial charge in [-0.3, -0.25) is 4.79 Å². The molecule has 1 N–H and O–H groups in total. The molecule has 1 amide bonds. The lowest BCUT2D eigenvalue weighted by Crippen LogP contribution is -2.43. The zero-order chi connectivity index (χ0) is 15.7. The molecule has 1 saturated carbocycles. The van der Waals surface area contributed by atoms with Crippen molar-refractivity contribution in [2.75, 3.05) is 6.54 Å². The van der Waals surface area contributed by atoms with E-state index in [1.807, 2.05) is 29.0 Å². The fourth-order valence-electron chi connectivity index (χ4n) is 3.63. The van der Waals surface area contributed by atoms with Gasteiger partial charge in [-0.15, -0.1) is 11.3 Å². The molecule has 0 atom stereocenters. The van der Waals surface area contributed by atoms with E-state index in [-0.39, 0.29) is 11.3 Å². The molecule has 0 spiro atoms. The molecule has 1 aliphatic carbocycles. The second-order valence-corrected chi connectivity index (χ2v) is 7.10. The predicted octanol–water partition coefficient (Wildman–Crippen LogP) is 2.83. The number of rotatable bonds is 5. The Morgan fingerprint density at radius 3 is 2.96 bits per heavy atom. The summed E-state index contributed by atoms with van der Waals surface area (Å²) in [7, 11) is 0. The van der Waals surface area contributed by atoms with Crippen molar-refractivity contribution < 1.29 is 4.79 Å². The summed E-state index contributed by atoms with van der Waals surface area (Å²) in [5.41, 5.74) is 0.754. The Labute approximate surface area is 138 Å². The fraction of sp³-hybridized carbons (Fsp3) is 0.412. The first-order valence-electron chi connectivity index (χ1n) is 8.10. The van der Waals surface area contributed by atoms with Gasteiger partial charge in [0.1, 0.15) is 5.65 Å². The molecule has 3 aromatic rings. The van der Waals surface area contributed by atoms with Gasteiger partial charge in [0.2, 0.25) is 5.91 Å². The summed E-state index contributed by atoms with van der Waals surface area (Å²) >= 11 is 1.70. The molecule has 120 valence electrons.